The summed E-state index contributed by atoms with van der Waals surface area (Å²) in [4.78, 5) is 26.2. The molecule has 0 amide bonds. The van der Waals surface area contributed by atoms with Crippen LogP contribution in [0.3, 0.4) is 0 Å². The van der Waals surface area contributed by atoms with Gasteiger partial charge in [0.25, 0.3) is 0 Å². The lowest BCUT2D eigenvalue weighted by Crippen LogP contribution is -2.45. The average Bonchev–Trinajstić information content (AvgIpc) is 3.01. The second-order valence-electron chi connectivity index (χ2n) is 9.88. The highest BCUT2D eigenvalue weighted by Gasteiger charge is 2.34. The predicted octanol–water partition coefficient (Wildman–Crippen LogP) is 3.07. The van der Waals surface area contributed by atoms with E-state index in [1.165, 1.54) is 14.2 Å². The number of methoxy groups -OCH3 is 2. The van der Waals surface area contributed by atoms with Gasteiger partial charge in [-0.25, -0.2) is 9.59 Å². The van der Waals surface area contributed by atoms with Gasteiger partial charge in [0.2, 0.25) is 6.79 Å². The number of allylic oxidation sites excluding steroid dienone is 2. The molecule has 4 N–H and O–H groups in total. The van der Waals surface area contributed by atoms with Crippen LogP contribution >= 0.6 is 24.4 Å². The molecule has 2 atom stereocenters. The van der Waals surface area contributed by atoms with Crippen molar-refractivity contribution in [2.45, 2.75) is 25.9 Å². The van der Waals surface area contributed by atoms with Crippen LogP contribution in [0.25, 0.3) is 0 Å². The van der Waals surface area contributed by atoms with Gasteiger partial charge in [0.15, 0.2) is 10.2 Å². The largest absolute Gasteiger partial charge is 0.460 e. The van der Waals surface area contributed by atoms with Gasteiger partial charge in [0, 0.05) is 36.7 Å². The van der Waals surface area contributed by atoms with E-state index in [2.05, 4.69) is 21.3 Å². The van der Waals surface area contributed by atoms with Crippen LogP contribution in [0, 0.1) is 0 Å². The van der Waals surface area contributed by atoms with E-state index in [0.717, 1.165) is 0 Å². The maximum absolute atomic E-state index is 13.1. The van der Waals surface area contributed by atoms with Gasteiger partial charge in [0.1, 0.15) is 24.7 Å². The molecule has 0 saturated carbocycles. The van der Waals surface area contributed by atoms with Gasteiger partial charge in [-0.1, -0.05) is 36.4 Å². The zero-order chi connectivity index (χ0) is 32.3. The van der Waals surface area contributed by atoms with Gasteiger partial charge in [-0.2, -0.15) is 0 Å². The molecule has 14 heteroatoms. The molecule has 0 radical (unpaired) electrons. The monoisotopic (exact) mass is 656 g/mol. The summed E-state index contributed by atoms with van der Waals surface area (Å²) < 4.78 is 33.1. The van der Waals surface area contributed by atoms with Gasteiger partial charge in [-0.15, -0.1) is 0 Å². The second kappa shape index (κ2) is 16.2. The SMILES string of the molecule is COCCOC(=O)C1=C(C)NC(=S)NC1c1ccccc1OCOc1ccccc1C1NC(=S)NC(C)=C1C(=O)OCCOC. The van der Waals surface area contributed by atoms with Crippen LogP contribution in [-0.2, 0) is 28.5 Å². The summed E-state index contributed by atoms with van der Waals surface area (Å²) in [6, 6.07) is 13.2. The molecule has 0 spiro atoms. The van der Waals surface area contributed by atoms with Crippen molar-refractivity contribution in [1.29, 1.82) is 0 Å². The highest BCUT2D eigenvalue weighted by atomic mass is 32.1. The van der Waals surface area contributed by atoms with E-state index in [1.807, 2.05) is 36.4 Å². The number of rotatable bonds is 14. The number of nitrogens with one attached hydrogen (secondary N) is 4. The maximum atomic E-state index is 13.1. The molecule has 2 aromatic rings. The summed E-state index contributed by atoms with van der Waals surface area (Å²) in [5.74, 6) is -0.0911. The fraction of sp³-hybridized carbons (Fsp3) is 0.355. The molecule has 0 aromatic heterocycles. The Bertz CT molecular complexity index is 1390. The minimum absolute atomic E-state index is 0.104. The molecular formula is C31H36N4O8S2. The van der Waals surface area contributed by atoms with E-state index in [9.17, 15) is 9.59 Å². The topological polar surface area (TPSA) is 138 Å². The number of hydrogen-bond acceptors (Lipinski definition) is 10. The molecule has 4 rings (SSSR count). The highest BCUT2D eigenvalue weighted by Crippen LogP contribution is 2.35. The third-order valence-corrected chi connectivity index (χ3v) is 7.35. The lowest BCUT2D eigenvalue weighted by molar-refractivity contribution is -0.141. The Labute approximate surface area is 272 Å². The zero-order valence-corrected chi connectivity index (χ0v) is 27.0. The molecule has 2 heterocycles. The molecule has 45 heavy (non-hydrogen) atoms. The van der Waals surface area contributed by atoms with Crippen molar-refractivity contribution in [1.82, 2.24) is 21.3 Å². The molecule has 0 aliphatic carbocycles. The minimum atomic E-state index is -0.642. The Morgan fingerprint density at radius 1 is 0.667 bits per heavy atom. The second-order valence-corrected chi connectivity index (χ2v) is 10.7. The summed E-state index contributed by atoms with van der Waals surface area (Å²) in [6.45, 7) is 4.07. The van der Waals surface area contributed by atoms with Crippen LogP contribution < -0.4 is 30.7 Å². The molecule has 0 bridgehead atoms. The molecular weight excluding hydrogens is 620 g/mol. The number of hydrogen-bond donors (Lipinski definition) is 4. The Balaban J connectivity index is 1.55. The van der Waals surface area contributed by atoms with E-state index < -0.39 is 24.0 Å². The molecule has 2 aromatic carbocycles. The molecule has 0 fully saturated rings. The van der Waals surface area contributed by atoms with Crippen molar-refractivity contribution in [3.05, 3.63) is 82.2 Å². The predicted molar refractivity (Wildman–Crippen MR) is 173 cm³/mol. The van der Waals surface area contributed by atoms with E-state index in [0.29, 0.717) is 55.4 Å². The fourth-order valence-corrected chi connectivity index (χ4v) is 5.39. The summed E-state index contributed by atoms with van der Waals surface area (Å²) in [5, 5.41) is 13.0. The van der Waals surface area contributed by atoms with Crippen LogP contribution in [-0.4, -0.2) is 69.6 Å². The van der Waals surface area contributed by atoms with Gasteiger partial charge in [-0.3, -0.25) is 0 Å². The van der Waals surface area contributed by atoms with Crippen LogP contribution in [0.4, 0.5) is 0 Å². The van der Waals surface area contributed by atoms with Crippen molar-refractivity contribution >= 4 is 46.6 Å². The summed E-state index contributed by atoms with van der Waals surface area (Å²) in [5.41, 5.74) is 3.17. The van der Waals surface area contributed by atoms with E-state index >= 15 is 0 Å². The number of esters is 2. The van der Waals surface area contributed by atoms with Crippen molar-refractivity contribution in [3.8, 4) is 11.5 Å². The molecule has 2 aliphatic heterocycles. The quantitative estimate of drug-likeness (QED) is 0.103. The van der Waals surface area contributed by atoms with E-state index in [4.69, 9.17) is 52.9 Å². The minimum Gasteiger partial charge on any atom is -0.460 e. The summed E-state index contributed by atoms with van der Waals surface area (Å²) in [6.07, 6.45) is 0. The first-order valence-corrected chi connectivity index (χ1v) is 14.9. The summed E-state index contributed by atoms with van der Waals surface area (Å²) >= 11 is 10.8. The first-order chi connectivity index (χ1) is 21.7. The number of ether oxygens (including phenoxy) is 6. The number of carbonyl (C=O) groups excluding carboxylic acids is 2. The normalized spacial score (nSPS) is 17.9. The highest BCUT2D eigenvalue weighted by molar-refractivity contribution is 7.80. The van der Waals surface area contributed by atoms with Crippen LogP contribution in [0.5, 0.6) is 11.5 Å². The average molecular weight is 657 g/mol. The zero-order valence-electron chi connectivity index (χ0n) is 25.4. The lowest BCUT2D eigenvalue weighted by atomic mass is 9.95. The third kappa shape index (κ3) is 8.48. The van der Waals surface area contributed by atoms with Crippen LogP contribution in [0.15, 0.2) is 71.1 Å². The number of benzene rings is 2. The molecule has 0 saturated heterocycles. The fourth-order valence-electron chi connectivity index (χ4n) is 4.84. The first kappa shape index (κ1) is 33.6. The standard InChI is InChI=1S/C31H36N4O8S2/c1-18-24(28(36)40-15-13-38-3)26(34-30(44)32-18)20-9-5-7-11-22(20)42-17-43-23-12-8-6-10-21(23)27-25(19(2)33-31(45)35-27)29(37)41-16-14-39-4/h5-12,26-27H,13-17H2,1-4H3,(H2,32,34,44)(H2,33,35,45). The maximum Gasteiger partial charge on any atom is 0.338 e. The van der Waals surface area contributed by atoms with E-state index in [-0.39, 0.29) is 33.2 Å². The van der Waals surface area contributed by atoms with Crippen molar-refractivity contribution < 1.29 is 38.0 Å². The Morgan fingerprint density at radius 3 is 1.47 bits per heavy atom. The molecule has 12 nitrogen and oxygen atoms in total. The number of thiocarbonyl (C=S) groups is 2. The molecule has 2 unspecified atom stereocenters. The van der Waals surface area contributed by atoms with Crippen molar-refractivity contribution in [3.63, 3.8) is 0 Å². The molecule has 240 valence electrons. The van der Waals surface area contributed by atoms with Gasteiger partial charge >= 0.3 is 11.9 Å². The molecule has 2 aliphatic rings. The first-order valence-electron chi connectivity index (χ1n) is 14.1. The Hall–Kier alpha value is -4.24. The van der Waals surface area contributed by atoms with Gasteiger partial charge in [-0.05, 0) is 50.4 Å². The van der Waals surface area contributed by atoms with Crippen molar-refractivity contribution in [2.24, 2.45) is 0 Å². The number of carbonyl (C=O) groups is 2. The van der Waals surface area contributed by atoms with E-state index in [1.54, 1.807) is 26.0 Å². The smallest absolute Gasteiger partial charge is 0.338 e. The van der Waals surface area contributed by atoms with Gasteiger partial charge < -0.3 is 49.7 Å². The van der Waals surface area contributed by atoms with Gasteiger partial charge in [0.05, 0.1) is 36.4 Å². The Kier molecular flexibility index (Phi) is 12.1. The van der Waals surface area contributed by atoms with Crippen LogP contribution in [0.2, 0.25) is 0 Å². The third-order valence-electron chi connectivity index (χ3n) is 6.91. The van der Waals surface area contributed by atoms with Crippen molar-refractivity contribution in [2.75, 3.05) is 47.4 Å². The lowest BCUT2D eigenvalue weighted by Gasteiger charge is -2.31. The Morgan fingerprint density at radius 2 is 1.07 bits per heavy atom. The van der Waals surface area contributed by atoms with Crippen LogP contribution in [0.1, 0.15) is 37.1 Å². The summed E-state index contributed by atoms with van der Waals surface area (Å²) in [7, 11) is 3.06. The number of para-hydroxylation sites is 2.